The second-order valence-corrected chi connectivity index (χ2v) is 3.36. The summed E-state index contributed by atoms with van der Waals surface area (Å²) in [5, 5.41) is 2.95. The molecule has 1 rings (SSSR count). The summed E-state index contributed by atoms with van der Waals surface area (Å²) >= 11 is 0. The van der Waals surface area contributed by atoms with Crippen molar-refractivity contribution in [3.05, 3.63) is 18.6 Å². The van der Waals surface area contributed by atoms with Gasteiger partial charge in [-0.15, -0.1) is 0 Å². The van der Waals surface area contributed by atoms with E-state index in [9.17, 15) is 4.79 Å². The lowest BCUT2D eigenvalue weighted by atomic mass is 10.0. The van der Waals surface area contributed by atoms with E-state index in [2.05, 4.69) is 15.3 Å². The van der Waals surface area contributed by atoms with Crippen LogP contribution in [0, 0.1) is 5.92 Å². The molecule has 1 aromatic heterocycles. The van der Waals surface area contributed by atoms with Gasteiger partial charge in [0.25, 0.3) is 0 Å². The molecule has 14 heavy (non-hydrogen) atoms. The maximum atomic E-state index is 11.1. The monoisotopic (exact) mass is 194 g/mol. The van der Waals surface area contributed by atoms with Crippen LogP contribution in [0.2, 0.25) is 0 Å². The molecule has 0 aliphatic rings. The number of primary amides is 1. The van der Waals surface area contributed by atoms with E-state index in [0.29, 0.717) is 5.82 Å². The third kappa shape index (κ3) is 2.69. The standard InChI is InChI=1S/C9H14N4O/c1-6(2)8(9(10)14)13-7-3-4-11-5-12-7/h3-6,8H,1-2H3,(H2,10,14)(H,11,12,13). The first-order valence-electron chi connectivity index (χ1n) is 4.43. The van der Waals surface area contributed by atoms with Gasteiger partial charge in [-0.3, -0.25) is 4.79 Å². The third-order valence-corrected chi connectivity index (χ3v) is 1.86. The minimum Gasteiger partial charge on any atom is -0.368 e. The first-order chi connectivity index (χ1) is 6.61. The molecule has 1 amide bonds. The van der Waals surface area contributed by atoms with Gasteiger partial charge in [0.05, 0.1) is 0 Å². The Balaban J connectivity index is 2.70. The van der Waals surface area contributed by atoms with Gasteiger partial charge >= 0.3 is 0 Å². The Bertz CT molecular complexity index is 299. The number of nitrogens with one attached hydrogen (secondary N) is 1. The highest BCUT2D eigenvalue weighted by Crippen LogP contribution is 2.08. The molecule has 0 saturated heterocycles. The van der Waals surface area contributed by atoms with E-state index in [1.807, 2.05) is 13.8 Å². The van der Waals surface area contributed by atoms with Crippen LogP contribution in [0.3, 0.4) is 0 Å². The minimum atomic E-state index is -0.398. The van der Waals surface area contributed by atoms with Crippen LogP contribution in [-0.2, 0) is 4.79 Å². The van der Waals surface area contributed by atoms with Crippen molar-refractivity contribution in [2.24, 2.45) is 11.7 Å². The van der Waals surface area contributed by atoms with Gasteiger partial charge in [-0.05, 0) is 12.0 Å². The van der Waals surface area contributed by atoms with Gasteiger partial charge in [0.15, 0.2) is 0 Å². The van der Waals surface area contributed by atoms with Crippen LogP contribution >= 0.6 is 0 Å². The van der Waals surface area contributed by atoms with Crippen LogP contribution in [0.1, 0.15) is 13.8 Å². The summed E-state index contributed by atoms with van der Waals surface area (Å²) in [7, 11) is 0. The molecule has 1 unspecified atom stereocenters. The smallest absolute Gasteiger partial charge is 0.240 e. The lowest BCUT2D eigenvalue weighted by Gasteiger charge is -2.18. The van der Waals surface area contributed by atoms with E-state index in [4.69, 9.17) is 5.73 Å². The zero-order valence-corrected chi connectivity index (χ0v) is 8.27. The van der Waals surface area contributed by atoms with Crippen LogP contribution in [0.4, 0.5) is 5.82 Å². The highest BCUT2D eigenvalue weighted by Gasteiger charge is 2.19. The summed E-state index contributed by atoms with van der Waals surface area (Å²) in [5.41, 5.74) is 5.24. The summed E-state index contributed by atoms with van der Waals surface area (Å²) in [6, 6.07) is 1.29. The Hall–Kier alpha value is -1.65. The number of hydrogen-bond acceptors (Lipinski definition) is 4. The molecule has 0 aliphatic carbocycles. The second kappa shape index (κ2) is 4.55. The zero-order valence-electron chi connectivity index (χ0n) is 8.27. The number of hydrogen-bond donors (Lipinski definition) is 2. The average molecular weight is 194 g/mol. The molecule has 3 N–H and O–H groups in total. The van der Waals surface area contributed by atoms with Crippen molar-refractivity contribution in [2.45, 2.75) is 19.9 Å². The fraction of sp³-hybridized carbons (Fsp3) is 0.444. The summed E-state index contributed by atoms with van der Waals surface area (Å²) in [6.07, 6.45) is 3.02. The van der Waals surface area contributed by atoms with Crippen LogP contribution in [0.5, 0.6) is 0 Å². The van der Waals surface area contributed by atoms with Crippen molar-refractivity contribution in [3.63, 3.8) is 0 Å². The van der Waals surface area contributed by atoms with Crippen molar-refractivity contribution < 1.29 is 4.79 Å². The van der Waals surface area contributed by atoms with Gasteiger partial charge in [-0.25, -0.2) is 9.97 Å². The minimum absolute atomic E-state index is 0.127. The summed E-state index contributed by atoms with van der Waals surface area (Å²) in [4.78, 5) is 18.8. The SMILES string of the molecule is CC(C)C(Nc1ccncn1)C(N)=O. The molecule has 0 spiro atoms. The number of nitrogens with zero attached hydrogens (tertiary/aromatic N) is 2. The number of aromatic nitrogens is 2. The topological polar surface area (TPSA) is 80.9 Å². The molecule has 5 heteroatoms. The molecule has 0 radical (unpaired) electrons. The Morgan fingerprint density at radius 1 is 1.57 bits per heavy atom. The molecule has 1 aromatic rings. The van der Waals surface area contributed by atoms with Crippen molar-refractivity contribution in [2.75, 3.05) is 5.32 Å². The van der Waals surface area contributed by atoms with E-state index in [0.717, 1.165) is 0 Å². The predicted octanol–water partition coefficient (Wildman–Crippen LogP) is 0.398. The normalized spacial score (nSPS) is 12.5. The first-order valence-corrected chi connectivity index (χ1v) is 4.43. The van der Waals surface area contributed by atoms with Crippen LogP contribution in [0.15, 0.2) is 18.6 Å². The lowest BCUT2D eigenvalue weighted by Crippen LogP contribution is -2.39. The quantitative estimate of drug-likeness (QED) is 0.727. The maximum Gasteiger partial charge on any atom is 0.240 e. The van der Waals surface area contributed by atoms with Crippen molar-refractivity contribution in [1.82, 2.24) is 9.97 Å². The highest BCUT2D eigenvalue weighted by atomic mass is 16.1. The number of amides is 1. The van der Waals surface area contributed by atoms with Crippen LogP contribution in [-0.4, -0.2) is 21.9 Å². The van der Waals surface area contributed by atoms with E-state index in [1.165, 1.54) is 6.33 Å². The number of carbonyl (C=O) groups excluding carboxylic acids is 1. The fourth-order valence-corrected chi connectivity index (χ4v) is 1.10. The number of nitrogens with two attached hydrogens (primary N) is 1. The number of carbonyl (C=O) groups is 1. The van der Waals surface area contributed by atoms with Gasteiger partial charge in [-0.1, -0.05) is 13.8 Å². The Labute approximate surface area is 82.7 Å². The number of rotatable bonds is 4. The Morgan fingerprint density at radius 3 is 2.71 bits per heavy atom. The number of anilines is 1. The molecule has 1 atom stereocenters. The first kappa shape index (κ1) is 10.4. The molecular weight excluding hydrogens is 180 g/mol. The molecule has 0 bridgehead atoms. The molecule has 0 aromatic carbocycles. The maximum absolute atomic E-state index is 11.1. The summed E-state index contributed by atoms with van der Waals surface area (Å²) < 4.78 is 0. The van der Waals surface area contributed by atoms with Crippen LogP contribution < -0.4 is 11.1 Å². The Kier molecular flexibility index (Phi) is 3.39. The van der Waals surface area contributed by atoms with Crippen molar-refractivity contribution >= 4 is 11.7 Å². The second-order valence-electron chi connectivity index (χ2n) is 3.36. The largest absolute Gasteiger partial charge is 0.368 e. The van der Waals surface area contributed by atoms with E-state index in [-0.39, 0.29) is 11.8 Å². The lowest BCUT2D eigenvalue weighted by molar-refractivity contribution is -0.119. The van der Waals surface area contributed by atoms with Crippen molar-refractivity contribution in [1.29, 1.82) is 0 Å². The molecule has 5 nitrogen and oxygen atoms in total. The summed E-state index contributed by atoms with van der Waals surface area (Å²) in [6.45, 7) is 3.84. The van der Waals surface area contributed by atoms with Crippen LogP contribution in [0.25, 0.3) is 0 Å². The predicted molar refractivity (Wildman–Crippen MR) is 53.5 cm³/mol. The van der Waals surface area contributed by atoms with E-state index >= 15 is 0 Å². The molecule has 0 aliphatic heterocycles. The molecule has 1 heterocycles. The molecule has 0 saturated carbocycles. The fourth-order valence-electron chi connectivity index (χ4n) is 1.10. The highest BCUT2D eigenvalue weighted by molar-refractivity contribution is 5.82. The molecule has 76 valence electrons. The van der Waals surface area contributed by atoms with Gasteiger partial charge in [0.2, 0.25) is 5.91 Å². The zero-order chi connectivity index (χ0) is 10.6. The molecular formula is C9H14N4O. The van der Waals surface area contributed by atoms with Gasteiger partial charge in [0, 0.05) is 6.20 Å². The summed E-state index contributed by atoms with van der Waals surface area (Å²) in [5.74, 6) is 0.360. The van der Waals surface area contributed by atoms with E-state index < -0.39 is 6.04 Å². The average Bonchev–Trinajstić information content (AvgIpc) is 2.15. The van der Waals surface area contributed by atoms with Gasteiger partial charge in [0.1, 0.15) is 18.2 Å². The van der Waals surface area contributed by atoms with Crippen molar-refractivity contribution in [3.8, 4) is 0 Å². The Morgan fingerprint density at radius 2 is 2.29 bits per heavy atom. The molecule has 0 fully saturated rings. The third-order valence-electron chi connectivity index (χ3n) is 1.86. The van der Waals surface area contributed by atoms with Gasteiger partial charge in [-0.2, -0.15) is 0 Å². The van der Waals surface area contributed by atoms with E-state index in [1.54, 1.807) is 12.3 Å². The van der Waals surface area contributed by atoms with Gasteiger partial charge < -0.3 is 11.1 Å².